The third kappa shape index (κ3) is 8.80. The van der Waals surface area contributed by atoms with Crippen LogP contribution in [0.1, 0.15) is 38.8 Å². The molecule has 6 nitrogen and oxygen atoms in total. The van der Waals surface area contributed by atoms with Crippen LogP contribution >= 0.6 is 0 Å². The fraction of sp³-hybridized carbons (Fsp3) is 0.440. The Bertz CT molecular complexity index is 786. The van der Waals surface area contributed by atoms with Crippen molar-refractivity contribution in [1.29, 1.82) is 0 Å². The van der Waals surface area contributed by atoms with Crippen LogP contribution in [0.2, 0.25) is 0 Å². The van der Waals surface area contributed by atoms with Crippen LogP contribution in [0.3, 0.4) is 0 Å². The molecule has 1 unspecified atom stereocenters. The number of rotatable bonds is 11. The number of amides is 2. The zero-order valence-electron chi connectivity index (χ0n) is 19.0. The molecule has 0 aromatic heterocycles. The number of hydrogen-bond acceptors (Lipinski definition) is 4. The number of benzene rings is 2. The summed E-state index contributed by atoms with van der Waals surface area (Å²) in [4.78, 5) is 27.6. The highest BCUT2D eigenvalue weighted by Gasteiger charge is 2.22. The van der Waals surface area contributed by atoms with Gasteiger partial charge in [-0.05, 0) is 38.8 Å². The molecular formula is C25H35N3O3. The highest BCUT2D eigenvalue weighted by molar-refractivity contribution is 5.85. The van der Waals surface area contributed by atoms with Gasteiger partial charge in [0.25, 0.3) is 0 Å². The maximum atomic E-state index is 12.9. The number of alkyl carbamates (subject to hydrolysis) is 1. The molecule has 0 fully saturated rings. The monoisotopic (exact) mass is 425 g/mol. The van der Waals surface area contributed by atoms with Crippen molar-refractivity contribution in [2.45, 2.75) is 58.8 Å². The predicted molar refractivity (Wildman–Crippen MR) is 124 cm³/mol. The van der Waals surface area contributed by atoms with E-state index in [0.717, 1.165) is 17.7 Å². The van der Waals surface area contributed by atoms with Crippen LogP contribution in [0.25, 0.3) is 0 Å². The lowest BCUT2D eigenvalue weighted by Gasteiger charge is -2.30. The van der Waals surface area contributed by atoms with E-state index in [1.807, 2.05) is 60.7 Å². The Morgan fingerprint density at radius 2 is 1.42 bits per heavy atom. The van der Waals surface area contributed by atoms with Gasteiger partial charge in [-0.15, -0.1) is 0 Å². The fourth-order valence-corrected chi connectivity index (χ4v) is 3.51. The van der Waals surface area contributed by atoms with Crippen LogP contribution in [-0.4, -0.2) is 48.1 Å². The van der Waals surface area contributed by atoms with Crippen molar-refractivity contribution in [1.82, 2.24) is 15.5 Å². The van der Waals surface area contributed by atoms with Crippen molar-refractivity contribution < 1.29 is 14.3 Å². The first-order valence-electron chi connectivity index (χ1n) is 10.9. The average Bonchev–Trinajstić information content (AvgIpc) is 2.75. The van der Waals surface area contributed by atoms with E-state index in [1.165, 1.54) is 0 Å². The zero-order valence-corrected chi connectivity index (χ0v) is 19.0. The van der Waals surface area contributed by atoms with E-state index in [1.54, 1.807) is 0 Å². The molecule has 1 atom stereocenters. The summed E-state index contributed by atoms with van der Waals surface area (Å²) in [7, 11) is 0. The molecule has 0 saturated heterocycles. The molecule has 6 heteroatoms. The second-order valence-electron chi connectivity index (χ2n) is 8.16. The molecule has 2 amide bonds. The summed E-state index contributed by atoms with van der Waals surface area (Å²) in [6.07, 6.45) is -0.212. The minimum absolute atomic E-state index is 0.157. The van der Waals surface area contributed by atoms with E-state index in [9.17, 15) is 9.59 Å². The molecule has 2 aromatic carbocycles. The maximum absolute atomic E-state index is 12.9. The third-order valence-corrected chi connectivity index (χ3v) is 5.10. The molecule has 0 spiro atoms. The van der Waals surface area contributed by atoms with Gasteiger partial charge in [0, 0.05) is 31.6 Å². The number of nitrogens with zero attached hydrogens (tertiary/aromatic N) is 1. The lowest BCUT2D eigenvalue weighted by molar-refractivity contribution is -0.123. The molecule has 0 aliphatic heterocycles. The first-order valence-corrected chi connectivity index (χ1v) is 10.9. The molecule has 168 valence electrons. The van der Waals surface area contributed by atoms with Gasteiger partial charge in [-0.1, -0.05) is 60.7 Å². The van der Waals surface area contributed by atoms with Crippen LogP contribution in [0, 0.1) is 0 Å². The van der Waals surface area contributed by atoms with E-state index in [0.29, 0.717) is 25.0 Å². The van der Waals surface area contributed by atoms with E-state index in [-0.39, 0.29) is 12.5 Å². The summed E-state index contributed by atoms with van der Waals surface area (Å²) in [6.45, 7) is 9.99. The van der Waals surface area contributed by atoms with Gasteiger partial charge in [0.05, 0.1) is 0 Å². The molecular weight excluding hydrogens is 390 g/mol. The van der Waals surface area contributed by atoms with Gasteiger partial charge >= 0.3 is 6.09 Å². The highest BCUT2D eigenvalue weighted by Crippen LogP contribution is 2.06. The molecule has 31 heavy (non-hydrogen) atoms. The molecule has 0 aliphatic carbocycles. The topological polar surface area (TPSA) is 70.7 Å². The Labute approximate surface area is 186 Å². The van der Waals surface area contributed by atoms with Crippen LogP contribution in [0.5, 0.6) is 0 Å². The quantitative estimate of drug-likeness (QED) is 0.575. The molecule has 0 aliphatic rings. The summed E-state index contributed by atoms with van der Waals surface area (Å²) in [5.41, 5.74) is 1.86. The summed E-state index contributed by atoms with van der Waals surface area (Å²) in [5.74, 6) is -0.215. The second-order valence-corrected chi connectivity index (χ2v) is 8.16. The standard InChI is InChI=1S/C25H35N3O3/c1-19(2)28(20(3)4)16-15-26-24(29)23(17-21-11-7-5-8-12-21)27-25(30)31-18-22-13-9-6-10-14-22/h5-14,19-20,23H,15-18H2,1-4H3,(H,26,29)(H,27,30). The minimum atomic E-state index is -0.711. The smallest absolute Gasteiger partial charge is 0.408 e. The van der Waals surface area contributed by atoms with Crippen molar-refractivity contribution >= 4 is 12.0 Å². The van der Waals surface area contributed by atoms with Gasteiger partial charge < -0.3 is 15.4 Å². The highest BCUT2D eigenvalue weighted by atomic mass is 16.5. The maximum Gasteiger partial charge on any atom is 0.408 e. The first kappa shape index (κ1) is 24.4. The molecule has 2 rings (SSSR count). The van der Waals surface area contributed by atoms with E-state index in [4.69, 9.17) is 4.74 Å². The Balaban J connectivity index is 1.95. The normalized spacial score (nSPS) is 12.1. The Morgan fingerprint density at radius 3 is 1.97 bits per heavy atom. The summed E-state index contributed by atoms with van der Waals surface area (Å²) in [6, 6.07) is 19.2. The molecule has 2 N–H and O–H groups in total. The van der Waals surface area contributed by atoms with Gasteiger partial charge in [-0.3, -0.25) is 9.69 Å². The van der Waals surface area contributed by atoms with Gasteiger partial charge in [-0.25, -0.2) is 4.79 Å². The van der Waals surface area contributed by atoms with Crippen molar-refractivity contribution in [2.24, 2.45) is 0 Å². The molecule has 2 aromatic rings. The summed E-state index contributed by atoms with van der Waals surface area (Å²) in [5, 5.41) is 5.70. The van der Waals surface area contributed by atoms with Crippen LogP contribution in [0.15, 0.2) is 60.7 Å². The van der Waals surface area contributed by atoms with Crippen LogP contribution < -0.4 is 10.6 Å². The zero-order chi connectivity index (χ0) is 22.6. The average molecular weight is 426 g/mol. The van der Waals surface area contributed by atoms with Gasteiger partial charge in [0.15, 0.2) is 0 Å². The molecule has 0 heterocycles. The number of ether oxygens (including phenoxy) is 1. The SMILES string of the molecule is CC(C)N(CCNC(=O)C(Cc1ccccc1)NC(=O)OCc1ccccc1)C(C)C. The number of carbonyl (C=O) groups is 2. The van der Waals surface area contributed by atoms with E-state index in [2.05, 4.69) is 43.2 Å². The van der Waals surface area contributed by atoms with E-state index >= 15 is 0 Å². The first-order chi connectivity index (χ1) is 14.9. The molecule has 0 bridgehead atoms. The van der Waals surface area contributed by atoms with Crippen molar-refractivity contribution in [2.75, 3.05) is 13.1 Å². The predicted octanol–water partition coefficient (Wildman–Crippen LogP) is 3.76. The lowest BCUT2D eigenvalue weighted by atomic mass is 10.1. The minimum Gasteiger partial charge on any atom is -0.445 e. The Hall–Kier alpha value is -2.86. The van der Waals surface area contributed by atoms with E-state index < -0.39 is 12.1 Å². The third-order valence-electron chi connectivity index (χ3n) is 5.10. The Morgan fingerprint density at radius 1 is 0.871 bits per heavy atom. The van der Waals surface area contributed by atoms with Crippen LogP contribution in [0.4, 0.5) is 4.79 Å². The fourth-order valence-electron chi connectivity index (χ4n) is 3.51. The molecule has 0 radical (unpaired) electrons. The van der Waals surface area contributed by atoms with Crippen molar-refractivity contribution in [3.05, 3.63) is 71.8 Å². The van der Waals surface area contributed by atoms with Crippen molar-refractivity contribution in [3.8, 4) is 0 Å². The van der Waals surface area contributed by atoms with Gasteiger partial charge in [0.2, 0.25) is 5.91 Å². The van der Waals surface area contributed by atoms with Crippen LogP contribution in [-0.2, 0) is 22.6 Å². The van der Waals surface area contributed by atoms with Gasteiger partial charge in [0.1, 0.15) is 12.6 Å². The van der Waals surface area contributed by atoms with Gasteiger partial charge in [-0.2, -0.15) is 0 Å². The molecule has 0 saturated carbocycles. The summed E-state index contributed by atoms with van der Waals surface area (Å²) < 4.78 is 5.31. The largest absolute Gasteiger partial charge is 0.445 e. The number of hydrogen-bond donors (Lipinski definition) is 2. The number of carbonyl (C=O) groups excluding carboxylic acids is 2. The summed E-state index contributed by atoms with van der Waals surface area (Å²) >= 11 is 0. The Kier molecular flexibility index (Phi) is 10.0. The second kappa shape index (κ2) is 12.7. The van der Waals surface area contributed by atoms with Crippen molar-refractivity contribution in [3.63, 3.8) is 0 Å². The lowest BCUT2D eigenvalue weighted by Crippen LogP contribution is -2.50. The number of nitrogens with one attached hydrogen (secondary N) is 2.